The summed E-state index contributed by atoms with van der Waals surface area (Å²) < 4.78 is 0. The quantitative estimate of drug-likeness (QED) is 0.737. The van der Waals surface area contributed by atoms with Gasteiger partial charge >= 0.3 is 0 Å². The van der Waals surface area contributed by atoms with E-state index in [9.17, 15) is 4.79 Å². The fourth-order valence-electron chi connectivity index (χ4n) is 3.54. The van der Waals surface area contributed by atoms with Crippen LogP contribution in [0.1, 0.15) is 44.9 Å². The fraction of sp³-hybridized carbons (Fsp3) is 0.571. The van der Waals surface area contributed by atoms with Crippen LogP contribution in [-0.4, -0.2) is 36.5 Å². The van der Waals surface area contributed by atoms with Gasteiger partial charge < -0.3 is 16.0 Å². The summed E-state index contributed by atoms with van der Waals surface area (Å²) in [6, 6.07) is 10.1. The van der Waals surface area contributed by atoms with Crippen LogP contribution in [0, 0.1) is 5.92 Å². The van der Waals surface area contributed by atoms with Crippen LogP contribution in [0.5, 0.6) is 0 Å². The molecule has 2 aliphatic rings. The van der Waals surface area contributed by atoms with Crippen molar-refractivity contribution >= 4 is 17.5 Å². The normalized spacial score (nSPS) is 22.9. The van der Waals surface area contributed by atoms with E-state index in [-0.39, 0.29) is 5.91 Å². The van der Waals surface area contributed by atoms with E-state index in [4.69, 9.17) is 17.3 Å². The summed E-state index contributed by atoms with van der Waals surface area (Å²) >= 11 is 5.54. The van der Waals surface area contributed by atoms with Gasteiger partial charge in [0.1, 0.15) is 0 Å². The van der Waals surface area contributed by atoms with Crippen molar-refractivity contribution in [1.82, 2.24) is 10.2 Å². The van der Waals surface area contributed by atoms with Crippen molar-refractivity contribution in [3.8, 4) is 0 Å². The molecule has 1 aliphatic carbocycles. The topological polar surface area (TPSA) is 58.4 Å². The Balaban J connectivity index is 0.000000290. The Labute approximate surface area is 162 Å². The first kappa shape index (κ1) is 20.9. The van der Waals surface area contributed by atoms with E-state index in [1.165, 1.54) is 25.7 Å². The number of amides is 1. The number of nitrogens with zero attached hydrogens (tertiary/aromatic N) is 1. The van der Waals surface area contributed by atoms with Crippen LogP contribution < -0.4 is 11.1 Å². The maximum absolute atomic E-state index is 11.6. The van der Waals surface area contributed by atoms with Crippen molar-refractivity contribution in [1.29, 1.82) is 0 Å². The van der Waals surface area contributed by atoms with E-state index >= 15 is 0 Å². The molecule has 1 heterocycles. The van der Waals surface area contributed by atoms with Gasteiger partial charge in [-0.25, -0.2) is 0 Å². The van der Waals surface area contributed by atoms with E-state index in [0.29, 0.717) is 12.5 Å². The molecule has 1 aliphatic heterocycles. The SMILES string of the molecule is C=C1CCC(=O)N1CCCNC1CCC(CN)CC1.Clc1ccccc1. The second-order valence-corrected chi connectivity index (χ2v) is 7.60. The van der Waals surface area contributed by atoms with Crippen LogP contribution in [0.2, 0.25) is 5.02 Å². The number of carbonyl (C=O) groups excluding carboxylic acids is 1. The largest absolute Gasteiger partial charge is 0.330 e. The fourth-order valence-corrected chi connectivity index (χ4v) is 3.69. The molecule has 1 saturated heterocycles. The van der Waals surface area contributed by atoms with Gasteiger partial charge in [-0.15, -0.1) is 0 Å². The predicted molar refractivity (Wildman–Crippen MR) is 109 cm³/mol. The standard InChI is InChI=1S/C15H27N3O.C6H5Cl/c1-12-3-8-15(19)18(12)10-2-9-17-14-6-4-13(11-16)5-7-14;7-6-4-2-1-3-5-6/h13-14,17H,1-11,16H2;1-5H. The first-order valence-corrected chi connectivity index (χ1v) is 10.1. The molecule has 26 heavy (non-hydrogen) atoms. The van der Waals surface area contributed by atoms with Gasteiger partial charge in [0.15, 0.2) is 0 Å². The van der Waals surface area contributed by atoms with Gasteiger partial charge in [0.2, 0.25) is 5.91 Å². The molecule has 2 fully saturated rings. The molecular formula is C21H32ClN3O. The zero-order chi connectivity index (χ0) is 18.8. The molecule has 0 spiro atoms. The minimum atomic E-state index is 0.244. The highest BCUT2D eigenvalue weighted by Crippen LogP contribution is 2.23. The Bertz CT molecular complexity index is 540. The lowest BCUT2D eigenvalue weighted by atomic mass is 9.86. The third-order valence-corrected chi connectivity index (χ3v) is 5.47. The molecule has 1 amide bonds. The Hall–Kier alpha value is -1.36. The highest BCUT2D eigenvalue weighted by Gasteiger charge is 2.23. The lowest BCUT2D eigenvalue weighted by molar-refractivity contribution is -0.126. The van der Waals surface area contributed by atoms with Crippen LogP contribution in [0.15, 0.2) is 42.6 Å². The number of allylic oxidation sites excluding steroid dienone is 1. The molecule has 0 unspecified atom stereocenters. The number of likely N-dealkylation sites (tertiary alicyclic amines) is 1. The number of benzene rings is 1. The molecule has 0 aromatic heterocycles. The Morgan fingerprint density at radius 2 is 1.85 bits per heavy atom. The number of carbonyl (C=O) groups is 1. The predicted octanol–water partition coefficient (Wildman–Crippen LogP) is 3.96. The second-order valence-electron chi connectivity index (χ2n) is 7.17. The Kier molecular flexibility index (Phi) is 9.16. The molecule has 1 aromatic carbocycles. The van der Waals surface area contributed by atoms with Crippen molar-refractivity contribution < 1.29 is 4.79 Å². The van der Waals surface area contributed by atoms with Crippen molar-refractivity contribution in [2.75, 3.05) is 19.6 Å². The summed E-state index contributed by atoms with van der Waals surface area (Å²) in [6.07, 6.45) is 7.52. The van der Waals surface area contributed by atoms with E-state index < -0.39 is 0 Å². The van der Waals surface area contributed by atoms with Crippen molar-refractivity contribution in [2.24, 2.45) is 11.7 Å². The number of rotatable bonds is 6. The zero-order valence-electron chi connectivity index (χ0n) is 15.6. The van der Waals surface area contributed by atoms with E-state index in [1.807, 2.05) is 35.2 Å². The minimum Gasteiger partial charge on any atom is -0.330 e. The van der Waals surface area contributed by atoms with Crippen LogP contribution in [-0.2, 0) is 4.79 Å². The summed E-state index contributed by atoms with van der Waals surface area (Å²) in [7, 11) is 0. The Morgan fingerprint density at radius 3 is 2.35 bits per heavy atom. The van der Waals surface area contributed by atoms with Crippen molar-refractivity contribution in [2.45, 2.75) is 51.0 Å². The first-order chi connectivity index (χ1) is 12.6. The molecule has 1 aromatic rings. The number of nitrogens with one attached hydrogen (secondary N) is 1. The average Bonchev–Trinajstić information content (AvgIpc) is 2.98. The molecule has 0 bridgehead atoms. The summed E-state index contributed by atoms with van der Waals surface area (Å²) in [5.74, 6) is 0.983. The van der Waals surface area contributed by atoms with E-state index in [2.05, 4.69) is 11.9 Å². The van der Waals surface area contributed by atoms with Crippen LogP contribution in [0.25, 0.3) is 0 Å². The van der Waals surface area contributed by atoms with Crippen molar-refractivity contribution in [3.05, 3.63) is 47.6 Å². The monoisotopic (exact) mass is 377 g/mol. The summed E-state index contributed by atoms with van der Waals surface area (Å²) in [6.45, 7) is 6.60. The summed E-state index contributed by atoms with van der Waals surface area (Å²) in [5.41, 5.74) is 6.69. The zero-order valence-corrected chi connectivity index (χ0v) is 16.4. The van der Waals surface area contributed by atoms with Crippen LogP contribution >= 0.6 is 11.6 Å². The molecule has 1 saturated carbocycles. The lowest BCUT2D eigenvalue weighted by Gasteiger charge is -2.28. The molecule has 4 nitrogen and oxygen atoms in total. The van der Waals surface area contributed by atoms with E-state index in [1.54, 1.807) is 0 Å². The smallest absolute Gasteiger partial charge is 0.227 e. The molecule has 3 N–H and O–H groups in total. The highest BCUT2D eigenvalue weighted by atomic mass is 35.5. The minimum absolute atomic E-state index is 0.244. The Morgan fingerprint density at radius 1 is 1.15 bits per heavy atom. The van der Waals surface area contributed by atoms with Gasteiger partial charge in [-0.3, -0.25) is 4.79 Å². The molecule has 144 valence electrons. The maximum Gasteiger partial charge on any atom is 0.227 e. The highest BCUT2D eigenvalue weighted by molar-refractivity contribution is 6.30. The molecule has 5 heteroatoms. The van der Waals surface area contributed by atoms with Gasteiger partial charge in [0, 0.05) is 29.7 Å². The average molecular weight is 378 g/mol. The molecule has 0 atom stereocenters. The molecule has 3 rings (SSSR count). The van der Waals surface area contributed by atoms with Crippen molar-refractivity contribution in [3.63, 3.8) is 0 Å². The second kappa shape index (κ2) is 11.4. The number of halogens is 1. The van der Waals surface area contributed by atoms with Crippen LogP contribution in [0.3, 0.4) is 0 Å². The molecular weight excluding hydrogens is 346 g/mol. The first-order valence-electron chi connectivity index (χ1n) is 9.72. The summed E-state index contributed by atoms with van der Waals surface area (Å²) in [4.78, 5) is 13.4. The lowest BCUT2D eigenvalue weighted by Crippen LogP contribution is -2.36. The number of hydrogen-bond acceptors (Lipinski definition) is 3. The number of nitrogens with two attached hydrogens (primary N) is 1. The maximum atomic E-state index is 11.6. The number of hydrogen-bond donors (Lipinski definition) is 2. The third-order valence-electron chi connectivity index (χ3n) is 5.21. The third kappa shape index (κ3) is 7.10. The van der Waals surface area contributed by atoms with Gasteiger partial charge in [0.05, 0.1) is 0 Å². The van der Waals surface area contributed by atoms with E-state index in [0.717, 1.165) is 49.1 Å². The molecule has 0 radical (unpaired) electrons. The van der Waals surface area contributed by atoms with Gasteiger partial charge in [-0.05, 0) is 69.7 Å². The summed E-state index contributed by atoms with van der Waals surface area (Å²) in [5, 5.41) is 4.41. The van der Waals surface area contributed by atoms with Gasteiger partial charge in [-0.2, -0.15) is 0 Å². The van der Waals surface area contributed by atoms with Gasteiger partial charge in [-0.1, -0.05) is 36.4 Å². The van der Waals surface area contributed by atoms with Gasteiger partial charge in [0.25, 0.3) is 0 Å². The van der Waals surface area contributed by atoms with Crippen LogP contribution in [0.4, 0.5) is 0 Å².